The van der Waals surface area contributed by atoms with Gasteiger partial charge in [0.2, 0.25) is 0 Å². The molecule has 1 aromatic rings. The molecular formula is C20H31FN2. The van der Waals surface area contributed by atoms with Gasteiger partial charge in [-0.15, -0.1) is 0 Å². The van der Waals surface area contributed by atoms with E-state index in [1.54, 1.807) is 6.07 Å². The summed E-state index contributed by atoms with van der Waals surface area (Å²) in [4.78, 5) is 2.21. The first-order valence-corrected chi connectivity index (χ1v) is 9.44. The number of anilines is 1. The Balaban J connectivity index is 1.65. The van der Waals surface area contributed by atoms with Gasteiger partial charge in [-0.2, -0.15) is 0 Å². The molecule has 23 heavy (non-hydrogen) atoms. The summed E-state index contributed by atoms with van der Waals surface area (Å²) < 4.78 is 14.6. The SMILES string of the molecule is C[C@@H]1CCCN(c2ccc([C@H](C)NC3CCCCC3)cc2F)C1. The van der Waals surface area contributed by atoms with Gasteiger partial charge in [-0.3, -0.25) is 0 Å². The lowest BCUT2D eigenvalue weighted by atomic mass is 9.94. The molecule has 2 fully saturated rings. The third-order valence-electron chi connectivity index (χ3n) is 5.56. The molecular weight excluding hydrogens is 287 g/mol. The van der Waals surface area contributed by atoms with Crippen molar-refractivity contribution in [3.05, 3.63) is 29.6 Å². The first kappa shape index (κ1) is 16.8. The van der Waals surface area contributed by atoms with Crippen molar-refractivity contribution in [1.82, 2.24) is 5.32 Å². The van der Waals surface area contributed by atoms with Crippen LogP contribution in [0.15, 0.2) is 18.2 Å². The molecule has 1 aliphatic heterocycles. The fraction of sp³-hybridized carbons (Fsp3) is 0.700. The lowest BCUT2D eigenvalue weighted by Crippen LogP contribution is -2.35. The van der Waals surface area contributed by atoms with Crippen LogP contribution in [0, 0.1) is 11.7 Å². The molecule has 0 aromatic heterocycles. The summed E-state index contributed by atoms with van der Waals surface area (Å²) in [5.74, 6) is 0.601. The van der Waals surface area contributed by atoms with Gasteiger partial charge in [0.05, 0.1) is 5.69 Å². The number of hydrogen-bond donors (Lipinski definition) is 1. The van der Waals surface area contributed by atoms with Crippen LogP contribution in [0.3, 0.4) is 0 Å². The van der Waals surface area contributed by atoms with Crippen LogP contribution in [0.5, 0.6) is 0 Å². The van der Waals surface area contributed by atoms with Gasteiger partial charge >= 0.3 is 0 Å². The van der Waals surface area contributed by atoms with Crippen LogP contribution in [-0.2, 0) is 0 Å². The van der Waals surface area contributed by atoms with E-state index in [-0.39, 0.29) is 11.9 Å². The number of nitrogens with one attached hydrogen (secondary N) is 1. The summed E-state index contributed by atoms with van der Waals surface area (Å²) in [6, 6.07) is 6.67. The van der Waals surface area contributed by atoms with Crippen molar-refractivity contribution >= 4 is 5.69 Å². The highest BCUT2D eigenvalue weighted by Gasteiger charge is 2.21. The van der Waals surface area contributed by atoms with E-state index in [0.29, 0.717) is 12.0 Å². The van der Waals surface area contributed by atoms with Crippen LogP contribution in [-0.4, -0.2) is 19.1 Å². The van der Waals surface area contributed by atoms with Gasteiger partial charge < -0.3 is 10.2 Å². The normalized spacial score (nSPS) is 24.7. The minimum absolute atomic E-state index is 0.0612. The number of benzene rings is 1. The van der Waals surface area contributed by atoms with Gasteiger partial charge in [0.15, 0.2) is 0 Å². The number of nitrogens with zero attached hydrogens (tertiary/aromatic N) is 1. The van der Waals surface area contributed by atoms with Crippen LogP contribution in [0.25, 0.3) is 0 Å². The highest BCUT2D eigenvalue weighted by Crippen LogP contribution is 2.28. The maximum atomic E-state index is 14.6. The molecule has 0 amide bonds. The van der Waals surface area contributed by atoms with Crippen LogP contribution in [0.1, 0.15) is 70.4 Å². The van der Waals surface area contributed by atoms with Crippen molar-refractivity contribution in [2.24, 2.45) is 5.92 Å². The topological polar surface area (TPSA) is 15.3 Å². The Morgan fingerprint density at radius 2 is 1.91 bits per heavy atom. The van der Waals surface area contributed by atoms with Crippen molar-refractivity contribution in [2.75, 3.05) is 18.0 Å². The van der Waals surface area contributed by atoms with Crippen LogP contribution >= 0.6 is 0 Å². The van der Waals surface area contributed by atoms with Crippen LogP contribution in [0.2, 0.25) is 0 Å². The molecule has 2 nitrogen and oxygen atoms in total. The van der Waals surface area contributed by atoms with E-state index in [1.165, 1.54) is 44.9 Å². The molecule has 1 saturated carbocycles. The van der Waals surface area contributed by atoms with Gasteiger partial charge in [0.1, 0.15) is 5.82 Å². The fourth-order valence-corrected chi connectivity index (χ4v) is 4.18. The van der Waals surface area contributed by atoms with Gasteiger partial charge in [0.25, 0.3) is 0 Å². The molecule has 0 radical (unpaired) electrons. The van der Waals surface area contributed by atoms with Crippen molar-refractivity contribution in [2.45, 2.75) is 70.9 Å². The Kier molecular flexibility index (Phi) is 5.58. The number of rotatable bonds is 4. The van der Waals surface area contributed by atoms with Gasteiger partial charge in [0, 0.05) is 25.2 Å². The molecule has 2 atom stereocenters. The highest BCUT2D eigenvalue weighted by atomic mass is 19.1. The Labute approximate surface area is 140 Å². The van der Waals surface area contributed by atoms with Gasteiger partial charge in [-0.1, -0.05) is 32.3 Å². The smallest absolute Gasteiger partial charge is 0.146 e. The first-order chi connectivity index (χ1) is 11.1. The van der Waals surface area contributed by atoms with Crippen molar-refractivity contribution < 1.29 is 4.39 Å². The number of piperidine rings is 1. The molecule has 0 spiro atoms. The molecule has 3 heteroatoms. The lowest BCUT2D eigenvalue weighted by Gasteiger charge is -2.33. The molecule has 1 aliphatic carbocycles. The minimum atomic E-state index is -0.0612. The number of hydrogen-bond acceptors (Lipinski definition) is 2. The van der Waals surface area contributed by atoms with E-state index in [0.717, 1.165) is 24.3 Å². The Morgan fingerprint density at radius 1 is 1.13 bits per heavy atom. The molecule has 0 unspecified atom stereocenters. The number of halogens is 1. The molecule has 1 aromatic carbocycles. The Hall–Kier alpha value is -1.09. The summed E-state index contributed by atoms with van der Waals surface area (Å²) in [7, 11) is 0. The van der Waals surface area contributed by atoms with Crippen molar-refractivity contribution in [1.29, 1.82) is 0 Å². The average molecular weight is 318 g/mol. The summed E-state index contributed by atoms with van der Waals surface area (Å²) >= 11 is 0. The van der Waals surface area contributed by atoms with E-state index in [1.807, 2.05) is 6.07 Å². The summed E-state index contributed by atoms with van der Waals surface area (Å²) in [6.07, 6.45) is 8.97. The molecule has 128 valence electrons. The van der Waals surface area contributed by atoms with Gasteiger partial charge in [-0.25, -0.2) is 4.39 Å². The third kappa shape index (κ3) is 4.26. The van der Waals surface area contributed by atoms with E-state index in [2.05, 4.69) is 30.1 Å². The summed E-state index contributed by atoms with van der Waals surface area (Å²) in [6.45, 7) is 6.38. The fourth-order valence-electron chi connectivity index (χ4n) is 4.18. The lowest BCUT2D eigenvalue weighted by molar-refractivity contribution is 0.346. The standard InChI is InChI=1S/C20H31FN2/c1-15-7-6-12-23(14-15)20-11-10-17(13-19(20)21)16(2)22-18-8-4-3-5-9-18/h10-11,13,15-16,18,22H,3-9,12,14H2,1-2H3/t15-,16+/m1/s1. The van der Waals surface area contributed by atoms with E-state index < -0.39 is 0 Å². The molecule has 3 rings (SSSR count). The average Bonchev–Trinajstić information content (AvgIpc) is 2.55. The molecule has 1 saturated heterocycles. The molecule has 2 aliphatic rings. The van der Waals surface area contributed by atoms with E-state index in [9.17, 15) is 4.39 Å². The van der Waals surface area contributed by atoms with Crippen LogP contribution < -0.4 is 10.2 Å². The van der Waals surface area contributed by atoms with E-state index >= 15 is 0 Å². The highest BCUT2D eigenvalue weighted by molar-refractivity contribution is 5.50. The Morgan fingerprint density at radius 3 is 2.61 bits per heavy atom. The maximum Gasteiger partial charge on any atom is 0.146 e. The Bertz CT molecular complexity index is 510. The molecule has 1 heterocycles. The largest absolute Gasteiger partial charge is 0.369 e. The predicted molar refractivity (Wildman–Crippen MR) is 95.4 cm³/mol. The third-order valence-corrected chi connectivity index (χ3v) is 5.56. The summed E-state index contributed by atoms with van der Waals surface area (Å²) in [5.41, 5.74) is 1.85. The molecule has 0 bridgehead atoms. The van der Waals surface area contributed by atoms with Crippen molar-refractivity contribution in [3.63, 3.8) is 0 Å². The second-order valence-electron chi connectivity index (χ2n) is 7.63. The van der Waals surface area contributed by atoms with E-state index in [4.69, 9.17) is 0 Å². The zero-order chi connectivity index (χ0) is 16.2. The first-order valence-electron chi connectivity index (χ1n) is 9.44. The second kappa shape index (κ2) is 7.65. The minimum Gasteiger partial charge on any atom is -0.369 e. The monoisotopic (exact) mass is 318 g/mol. The quantitative estimate of drug-likeness (QED) is 0.836. The van der Waals surface area contributed by atoms with Crippen molar-refractivity contribution in [3.8, 4) is 0 Å². The predicted octanol–water partition coefficient (Wildman–Crippen LogP) is 5.05. The maximum absolute atomic E-state index is 14.6. The zero-order valence-electron chi connectivity index (χ0n) is 14.7. The second-order valence-corrected chi connectivity index (χ2v) is 7.63. The zero-order valence-corrected chi connectivity index (χ0v) is 14.7. The van der Waals surface area contributed by atoms with Crippen LogP contribution in [0.4, 0.5) is 10.1 Å². The molecule has 1 N–H and O–H groups in total. The summed E-state index contributed by atoms with van der Waals surface area (Å²) in [5, 5.41) is 3.69. The van der Waals surface area contributed by atoms with Gasteiger partial charge in [-0.05, 0) is 56.2 Å².